The first-order valence-corrected chi connectivity index (χ1v) is 9.52. The number of aromatic nitrogens is 2. The molecule has 0 saturated carbocycles. The van der Waals surface area contributed by atoms with Crippen LogP contribution >= 0.6 is 0 Å². The van der Waals surface area contributed by atoms with Crippen molar-refractivity contribution in [3.05, 3.63) is 66.0 Å². The number of amides is 2. The molecule has 0 saturated heterocycles. The molecule has 1 heterocycles. The minimum absolute atomic E-state index is 0.0420. The number of imidazole rings is 1. The lowest BCUT2D eigenvalue weighted by molar-refractivity contribution is -0.124. The van der Waals surface area contributed by atoms with E-state index < -0.39 is 0 Å². The van der Waals surface area contributed by atoms with Gasteiger partial charge in [-0.2, -0.15) is 0 Å². The van der Waals surface area contributed by atoms with Crippen LogP contribution in [-0.2, 0) is 22.7 Å². The number of para-hydroxylation sites is 2. The van der Waals surface area contributed by atoms with E-state index in [2.05, 4.69) is 15.6 Å². The number of hydrogen-bond acceptors (Lipinski definition) is 3. The van der Waals surface area contributed by atoms with E-state index in [1.54, 1.807) is 0 Å². The van der Waals surface area contributed by atoms with E-state index in [1.807, 2.05) is 79.9 Å². The lowest BCUT2D eigenvalue weighted by Gasteiger charge is -2.17. The normalized spacial score (nSPS) is 12.1. The highest BCUT2D eigenvalue weighted by Gasteiger charge is 2.20. The molecule has 1 unspecified atom stereocenters. The minimum atomic E-state index is -0.302. The Kier molecular flexibility index (Phi) is 6.09. The van der Waals surface area contributed by atoms with E-state index in [0.29, 0.717) is 12.4 Å². The zero-order valence-electron chi connectivity index (χ0n) is 16.5. The second-order valence-corrected chi connectivity index (χ2v) is 7.19. The molecule has 0 aliphatic carbocycles. The van der Waals surface area contributed by atoms with Gasteiger partial charge in [0.2, 0.25) is 11.8 Å². The number of nitrogens with zero attached hydrogens (tertiary/aromatic N) is 2. The molecule has 2 aromatic carbocycles. The van der Waals surface area contributed by atoms with Crippen LogP contribution in [-0.4, -0.2) is 21.4 Å². The molecule has 0 radical (unpaired) electrons. The fourth-order valence-electron chi connectivity index (χ4n) is 3.03. The topological polar surface area (TPSA) is 76.0 Å². The van der Waals surface area contributed by atoms with Gasteiger partial charge in [0.05, 0.1) is 17.1 Å². The summed E-state index contributed by atoms with van der Waals surface area (Å²) in [5.74, 6) is 0.412. The van der Waals surface area contributed by atoms with Crippen molar-refractivity contribution >= 4 is 22.8 Å². The molecular formula is C22H26N4O2. The highest BCUT2D eigenvalue weighted by molar-refractivity contribution is 5.82. The SMILES string of the molecule is CC(C)C(=O)NC(C)c1nc2ccccc2n1CC(=O)NCc1ccccc1. The van der Waals surface area contributed by atoms with E-state index in [1.165, 1.54) is 0 Å². The van der Waals surface area contributed by atoms with Crippen LogP contribution in [0.4, 0.5) is 0 Å². The van der Waals surface area contributed by atoms with E-state index in [9.17, 15) is 9.59 Å². The van der Waals surface area contributed by atoms with Gasteiger partial charge in [-0.3, -0.25) is 9.59 Å². The molecule has 2 amide bonds. The number of rotatable bonds is 7. The van der Waals surface area contributed by atoms with Gasteiger partial charge in [-0.15, -0.1) is 0 Å². The van der Waals surface area contributed by atoms with E-state index >= 15 is 0 Å². The van der Waals surface area contributed by atoms with Gasteiger partial charge >= 0.3 is 0 Å². The molecule has 1 aromatic heterocycles. The number of fused-ring (bicyclic) bond motifs is 1. The lowest BCUT2D eigenvalue weighted by atomic mass is 10.2. The van der Waals surface area contributed by atoms with E-state index in [0.717, 1.165) is 16.6 Å². The summed E-state index contributed by atoms with van der Waals surface area (Å²) in [6.45, 7) is 6.20. The van der Waals surface area contributed by atoms with Gasteiger partial charge < -0.3 is 15.2 Å². The van der Waals surface area contributed by atoms with Crippen molar-refractivity contribution in [2.75, 3.05) is 0 Å². The molecule has 3 aromatic rings. The minimum Gasteiger partial charge on any atom is -0.350 e. The van der Waals surface area contributed by atoms with Crippen LogP contribution < -0.4 is 10.6 Å². The Balaban J connectivity index is 1.80. The third kappa shape index (κ3) is 4.57. The monoisotopic (exact) mass is 378 g/mol. The largest absolute Gasteiger partial charge is 0.350 e. The van der Waals surface area contributed by atoms with Crippen LogP contribution in [0.25, 0.3) is 11.0 Å². The lowest BCUT2D eigenvalue weighted by Crippen LogP contribution is -2.33. The molecule has 0 aliphatic rings. The van der Waals surface area contributed by atoms with Gasteiger partial charge in [-0.1, -0.05) is 56.3 Å². The standard InChI is InChI=1S/C22H26N4O2/c1-15(2)22(28)24-16(3)21-25-18-11-7-8-12-19(18)26(21)14-20(27)23-13-17-9-5-4-6-10-17/h4-12,15-16H,13-14H2,1-3H3,(H,23,27)(H,24,28). The van der Waals surface area contributed by atoms with Crippen LogP contribution in [0, 0.1) is 5.92 Å². The van der Waals surface area contributed by atoms with Gasteiger partial charge in [-0.05, 0) is 24.6 Å². The van der Waals surface area contributed by atoms with Crippen LogP contribution in [0.5, 0.6) is 0 Å². The van der Waals surface area contributed by atoms with Gasteiger partial charge in [0.1, 0.15) is 12.4 Å². The quantitative estimate of drug-likeness (QED) is 0.663. The number of benzene rings is 2. The molecule has 0 aliphatic heterocycles. The van der Waals surface area contributed by atoms with Crippen LogP contribution in [0.15, 0.2) is 54.6 Å². The Bertz CT molecular complexity index is 963. The number of carbonyl (C=O) groups excluding carboxylic acids is 2. The Hall–Kier alpha value is -3.15. The third-order valence-electron chi connectivity index (χ3n) is 4.59. The smallest absolute Gasteiger partial charge is 0.240 e. The average Bonchev–Trinajstić information content (AvgIpc) is 3.05. The van der Waals surface area contributed by atoms with E-state index in [-0.39, 0.29) is 30.3 Å². The first kappa shape index (κ1) is 19.6. The summed E-state index contributed by atoms with van der Waals surface area (Å²) in [6, 6.07) is 17.2. The van der Waals surface area contributed by atoms with Crippen molar-refractivity contribution < 1.29 is 9.59 Å². The fourth-order valence-corrected chi connectivity index (χ4v) is 3.03. The molecule has 0 fully saturated rings. The highest BCUT2D eigenvalue weighted by Crippen LogP contribution is 2.21. The Morgan fingerprint density at radius 3 is 2.39 bits per heavy atom. The van der Waals surface area contributed by atoms with Crippen molar-refractivity contribution in [3.63, 3.8) is 0 Å². The summed E-state index contributed by atoms with van der Waals surface area (Å²) >= 11 is 0. The zero-order valence-corrected chi connectivity index (χ0v) is 16.5. The maximum Gasteiger partial charge on any atom is 0.240 e. The van der Waals surface area contributed by atoms with Crippen LogP contribution in [0.1, 0.15) is 38.2 Å². The number of carbonyl (C=O) groups is 2. The second-order valence-electron chi connectivity index (χ2n) is 7.19. The molecule has 3 rings (SSSR count). The van der Waals surface area contributed by atoms with Crippen molar-refractivity contribution in [1.82, 2.24) is 20.2 Å². The van der Waals surface area contributed by atoms with Crippen LogP contribution in [0.2, 0.25) is 0 Å². The maximum atomic E-state index is 12.6. The summed E-state index contributed by atoms with van der Waals surface area (Å²) in [4.78, 5) is 29.4. The summed E-state index contributed by atoms with van der Waals surface area (Å²) in [5.41, 5.74) is 2.72. The van der Waals surface area contributed by atoms with Crippen molar-refractivity contribution in [2.24, 2.45) is 5.92 Å². The molecule has 6 nitrogen and oxygen atoms in total. The molecule has 28 heavy (non-hydrogen) atoms. The zero-order chi connectivity index (χ0) is 20.1. The average molecular weight is 378 g/mol. The number of nitrogens with one attached hydrogen (secondary N) is 2. The van der Waals surface area contributed by atoms with E-state index in [4.69, 9.17) is 0 Å². The molecule has 146 valence electrons. The predicted octanol–water partition coefficient (Wildman–Crippen LogP) is 3.19. The molecule has 2 N–H and O–H groups in total. The van der Waals surface area contributed by atoms with Gasteiger partial charge in [-0.25, -0.2) is 4.98 Å². The molecule has 1 atom stereocenters. The molecular weight excluding hydrogens is 352 g/mol. The summed E-state index contributed by atoms with van der Waals surface area (Å²) in [7, 11) is 0. The van der Waals surface area contributed by atoms with Crippen LogP contribution in [0.3, 0.4) is 0 Å². The summed E-state index contributed by atoms with van der Waals surface area (Å²) < 4.78 is 1.88. The first-order valence-electron chi connectivity index (χ1n) is 9.52. The fraction of sp³-hybridized carbons (Fsp3) is 0.318. The predicted molar refractivity (Wildman–Crippen MR) is 109 cm³/mol. The summed E-state index contributed by atoms with van der Waals surface area (Å²) in [6.07, 6.45) is 0. The highest BCUT2D eigenvalue weighted by atomic mass is 16.2. The summed E-state index contributed by atoms with van der Waals surface area (Å²) in [5, 5.41) is 5.93. The van der Waals surface area contributed by atoms with Crippen molar-refractivity contribution in [1.29, 1.82) is 0 Å². The van der Waals surface area contributed by atoms with Crippen molar-refractivity contribution in [2.45, 2.75) is 39.9 Å². The Morgan fingerprint density at radius 2 is 1.68 bits per heavy atom. The van der Waals surface area contributed by atoms with Gasteiger partial charge in [0, 0.05) is 12.5 Å². The molecule has 6 heteroatoms. The number of hydrogen-bond donors (Lipinski definition) is 2. The molecule has 0 bridgehead atoms. The Morgan fingerprint density at radius 1 is 1.00 bits per heavy atom. The van der Waals surface area contributed by atoms with Crippen molar-refractivity contribution in [3.8, 4) is 0 Å². The maximum absolute atomic E-state index is 12.6. The second kappa shape index (κ2) is 8.69. The van der Waals surface area contributed by atoms with Gasteiger partial charge in [0.15, 0.2) is 0 Å². The van der Waals surface area contributed by atoms with Gasteiger partial charge in [0.25, 0.3) is 0 Å². The third-order valence-corrected chi connectivity index (χ3v) is 4.59. The molecule has 0 spiro atoms. The first-order chi connectivity index (χ1) is 13.5. The Labute approximate surface area is 165 Å².